The Morgan fingerprint density at radius 2 is 2.06 bits per heavy atom. The first kappa shape index (κ1) is 12.7. The lowest BCUT2D eigenvalue weighted by molar-refractivity contribution is -0.384. The summed E-state index contributed by atoms with van der Waals surface area (Å²) in [4.78, 5) is 21.1. The maximum Gasteiger partial charge on any atom is 0.269 e. The molecule has 0 fully saturated rings. The van der Waals surface area contributed by atoms with Crippen LogP contribution in [-0.4, -0.2) is 10.7 Å². The Morgan fingerprint density at radius 1 is 1.41 bits per heavy atom. The molecule has 4 nitrogen and oxygen atoms in total. The van der Waals surface area contributed by atoms with Crippen molar-refractivity contribution in [2.45, 2.75) is 13.3 Å². The number of hydrogen-bond donors (Lipinski definition) is 0. The van der Waals surface area contributed by atoms with E-state index < -0.39 is 4.92 Å². The van der Waals surface area contributed by atoms with Crippen LogP contribution in [0.5, 0.6) is 0 Å². The van der Waals surface area contributed by atoms with Crippen LogP contribution in [0.15, 0.2) is 30.3 Å². The smallest absolute Gasteiger partial charge is 0.269 e. The SMILES string of the molecule is CCC#CC(=O)C=Cc1ccc([N+](=O)[O-])cc1. The van der Waals surface area contributed by atoms with Crippen molar-refractivity contribution in [3.63, 3.8) is 0 Å². The molecule has 0 aromatic heterocycles. The fourth-order valence-electron chi connectivity index (χ4n) is 1.10. The average Bonchev–Trinajstić information content (AvgIpc) is 2.34. The zero-order valence-corrected chi connectivity index (χ0v) is 9.34. The van der Waals surface area contributed by atoms with Crippen LogP contribution < -0.4 is 0 Å². The molecule has 0 aliphatic carbocycles. The number of rotatable bonds is 3. The molecule has 1 rings (SSSR count). The predicted molar refractivity (Wildman–Crippen MR) is 65.2 cm³/mol. The molecule has 86 valence electrons. The summed E-state index contributed by atoms with van der Waals surface area (Å²) in [5.74, 6) is 4.84. The van der Waals surface area contributed by atoms with Crippen molar-refractivity contribution in [1.29, 1.82) is 0 Å². The Balaban J connectivity index is 2.72. The van der Waals surface area contributed by atoms with Crippen LogP contribution in [0.1, 0.15) is 18.9 Å². The van der Waals surface area contributed by atoms with E-state index >= 15 is 0 Å². The third-order valence-electron chi connectivity index (χ3n) is 1.92. The van der Waals surface area contributed by atoms with Crippen LogP contribution in [0.25, 0.3) is 6.08 Å². The monoisotopic (exact) mass is 229 g/mol. The molecular formula is C13H11NO3. The Kier molecular flexibility index (Phi) is 4.64. The normalized spacial score (nSPS) is 9.71. The van der Waals surface area contributed by atoms with Crippen LogP contribution in [0.2, 0.25) is 0 Å². The lowest BCUT2D eigenvalue weighted by Crippen LogP contribution is -1.87. The molecular weight excluding hydrogens is 218 g/mol. The van der Waals surface area contributed by atoms with E-state index in [2.05, 4.69) is 11.8 Å². The third kappa shape index (κ3) is 4.31. The first-order valence-electron chi connectivity index (χ1n) is 5.09. The number of allylic oxidation sites excluding steroid dienone is 1. The van der Waals surface area contributed by atoms with Gasteiger partial charge in [-0.1, -0.05) is 18.9 Å². The van der Waals surface area contributed by atoms with Crippen molar-refractivity contribution in [3.05, 3.63) is 46.0 Å². The molecule has 0 saturated carbocycles. The molecule has 0 bridgehead atoms. The number of nitro benzene ring substituents is 1. The summed E-state index contributed by atoms with van der Waals surface area (Å²) in [5, 5.41) is 10.4. The highest BCUT2D eigenvalue weighted by Crippen LogP contribution is 2.12. The van der Waals surface area contributed by atoms with Gasteiger partial charge in [-0.25, -0.2) is 0 Å². The lowest BCUT2D eigenvalue weighted by Gasteiger charge is -1.92. The van der Waals surface area contributed by atoms with Gasteiger partial charge in [0.05, 0.1) is 4.92 Å². The average molecular weight is 229 g/mol. The van der Waals surface area contributed by atoms with Gasteiger partial charge in [-0.2, -0.15) is 0 Å². The zero-order valence-electron chi connectivity index (χ0n) is 9.34. The molecule has 0 radical (unpaired) electrons. The molecule has 0 N–H and O–H groups in total. The summed E-state index contributed by atoms with van der Waals surface area (Å²) < 4.78 is 0. The number of nitrogens with zero attached hydrogens (tertiary/aromatic N) is 1. The van der Waals surface area contributed by atoms with E-state index in [4.69, 9.17) is 0 Å². The number of non-ortho nitro benzene ring substituents is 1. The molecule has 17 heavy (non-hydrogen) atoms. The van der Waals surface area contributed by atoms with E-state index in [0.717, 1.165) is 5.56 Å². The predicted octanol–water partition coefficient (Wildman–Crippen LogP) is 2.59. The number of benzene rings is 1. The second kappa shape index (κ2) is 6.23. The first-order valence-corrected chi connectivity index (χ1v) is 5.09. The van der Waals surface area contributed by atoms with Crippen molar-refractivity contribution in [3.8, 4) is 11.8 Å². The van der Waals surface area contributed by atoms with Gasteiger partial charge in [-0.3, -0.25) is 14.9 Å². The minimum atomic E-state index is -0.467. The Hall–Kier alpha value is -2.41. The number of nitro groups is 1. The van der Waals surface area contributed by atoms with Crippen LogP contribution >= 0.6 is 0 Å². The minimum absolute atomic E-state index is 0.0271. The highest BCUT2D eigenvalue weighted by Gasteiger charge is 2.02. The lowest BCUT2D eigenvalue weighted by atomic mass is 10.2. The third-order valence-corrected chi connectivity index (χ3v) is 1.92. The topological polar surface area (TPSA) is 60.2 Å². The van der Waals surface area contributed by atoms with Gasteiger partial charge in [-0.05, 0) is 29.7 Å². The minimum Gasteiger partial charge on any atom is -0.280 e. The van der Waals surface area contributed by atoms with Gasteiger partial charge in [0.1, 0.15) is 0 Å². The van der Waals surface area contributed by atoms with E-state index in [9.17, 15) is 14.9 Å². The quantitative estimate of drug-likeness (QED) is 0.263. The highest BCUT2D eigenvalue weighted by atomic mass is 16.6. The van der Waals surface area contributed by atoms with E-state index in [1.165, 1.54) is 18.2 Å². The van der Waals surface area contributed by atoms with Crippen molar-refractivity contribution in [2.75, 3.05) is 0 Å². The molecule has 0 aliphatic heterocycles. The fourth-order valence-corrected chi connectivity index (χ4v) is 1.10. The van der Waals surface area contributed by atoms with Gasteiger partial charge < -0.3 is 0 Å². The van der Waals surface area contributed by atoms with Gasteiger partial charge in [0.2, 0.25) is 5.78 Å². The van der Waals surface area contributed by atoms with Gasteiger partial charge in [0.15, 0.2) is 0 Å². The van der Waals surface area contributed by atoms with Gasteiger partial charge in [0, 0.05) is 18.6 Å². The summed E-state index contributed by atoms with van der Waals surface area (Å²) >= 11 is 0. The highest BCUT2D eigenvalue weighted by molar-refractivity contribution is 6.06. The standard InChI is InChI=1S/C13H11NO3/c1-2-3-4-13(15)10-7-11-5-8-12(9-6-11)14(16)17/h5-10H,2H2,1H3. The van der Waals surface area contributed by atoms with Crippen molar-refractivity contribution < 1.29 is 9.72 Å². The van der Waals surface area contributed by atoms with Gasteiger partial charge in [0.25, 0.3) is 5.69 Å². The Morgan fingerprint density at radius 3 is 2.59 bits per heavy atom. The van der Waals surface area contributed by atoms with E-state index in [-0.39, 0.29) is 11.5 Å². The molecule has 1 aromatic rings. The Bertz CT molecular complexity index is 504. The largest absolute Gasteiger partial charge is 0.280 e. The maximum absolute atomic E-state index is 11.2. The molecule has 1 aromatic carbocycles. The van der Waals surface area contributed by atoms with Crippen molar-refractivity contribution in [1.82, 2.24) is 0 Å². The molecule has 0 spiro atoms. The summed E-state index contributed by atoms with van der Waals surface area (Å²) in [5.41, 5.74) is 0.751. The van der Waals surface area contributed by atoms with E-state index in [1.807, 2.05) is 6.92 Å². The van der Waals surface area contributed by atoms with Gasteiger partial charge in [-0.15, -0.1) is 0 Å². The number of hydrogen-bond acceptors (Lipinski definition) is 3. The van der Waals surface area contributed by atoms with Crippen LogP contribution in [0.3, 0.4) is 0 Å². The molecule has 0 unspecified atom stereocenters. The first-order chi connectivity index (χ1) is 8.13. The number of carbonyl (C=O) groups excluding carboxylic acids is 1. The van der Waals surface area contributed by atoms with Crippen molar-refractivity contribution in [2.24, 2.45) is 0 Å². The fraction of sp³-hybridized carbons (Fsp3) is 0.154. The molecule has 0 aliphatic rings. The van der Waals surface area contributed by atoms with Crippen molar-refractivity contribution >= 4 is 17.5 Å². The summed E-state index contributed by atoms with van der Waals surface area (Å²) in [7, 11) is 0. The summed E-state index contributed by atoms with van der Waals surface area (Å²) in [6.07, 6.45) is 3.57. The maximum atomic E-state index is 11.2. The molecule has 0 saturated heterocycles. The van der Waals surface area contributed by atoms with E-state index in [0.29, 0.717) is 6.42 Å². The second-order valence-electron chi connectivity index (χ2n) is 3.20. The number of carbonyl (C=O) groups is 1. The molecule has 0 atom stereocenters. The summed E-state index contributed by atoms with van der Waals surface area (Å²) in [6, 6.07) is 5.94. The van der Waals surface area contributed by atoms with Crippen LogP contribution in [0.4, 0.5) is 5.69 Å². The van der Waals surface area contributed by atoms with Gasteiger partial charge >= 0.3 is 0 Å². The zero-order chi connectivity index (χ0) is 12.7. The van der Waals surface area contributed by atoms with Crippen LogP contribution in [-0.2, 0) is 4.79 Å². The second-order valence-corrected chi connectivity index (χ2v) is 3.20. The summed E-state index contributed by atoms with van der Waals surface area (Å²) in [6.45, 7) is 1.86. The number of ketones is 1. The molecule has 0 amide bonds. The Labute approximate surface area is 99.1 Å². The molecule has 0 heterocycles. The van der Waals surface area contributed by atoms with E-state index in [1.54, 1.807) is 18.2 Å². The molecule has 4 heteroatoms. The van der Waals surface area contributed by atoms with Crippen LogP contribution in [0, 0.1) is 22.0 Å².